The molecule has 0 N–H and O–H groups in total. The minimum absolute atomic E-state index is 0.130. The Kier molecular flexibility index (Phi) is 3.94. The minimum Gasteiger partial charge on any atom is -0.469 e. The zero-order chi connectivity index (χ0) is 11.4. The molecule has 86 valence electrons. The first-order valence-corrected chi connectivity index (χ1v) is 5.08. The second kappa shape index (κ2) is 5.00. The van der Waals surface area contributed by atoms with Gasteiger partial charge in [-0.1, -0.05) is 0 Å². The number of ether oxygens (including phenoxy) is 2. The van der Waals surface area contributed by atoms with Crippen LogP contribution in [0.3, 0.4) is 0 Å². The molecule has 1 atom stereocenters. The molecular weight excluding hydrogens is 198 g/mol. The number of likely N-dealkylation sites (tertiary alicyclic amines) is 1. The van der Waals surface area contributed by atoms with Crippen molar-refractivity contribution < 1.29 is 19.1 Å². The third-order valence-electron chi connectivity index (χ3n) is 2.32. The smallest absolute Gasteiger partial charge is 0.410 e. The van der Waals surface area contributed by atoms with E-state index in [4.69, 9.17) is 4.74 Å². The molecule has 0 aromatic rings. The molecule has 0 radical (unpaired) electrons. The molecule has 1 amide bonds. The number of rotatable bonds is 2. The summed E-state index contributed by atoms with van der Waals surface area (Å²) in [5, 5.41) is 0. The first kappa shape index (κ1) is 11.8. The summed E-state index contributed by atoms with van der Waals surface area (Å²) >= 11 is 0. The Balaban J connectivity index is 2.42. The topological polar surface area (TPSA) is 55.8 Å². The predicted molar refractivity (Wildman–Crippen MR) is 53.3 cm³/mol. The number of carbonyl (C=O) groups is 2. The summed E-state index contributed by atoms with van der Waals surface area (Å²) in [6, 6.07) is 0. The van der Waals surface area contributed by atoms with Crippen LogP contribution in [0, 0.1) is 5.92 Å². The molecule has 1 fully saturated rings. The van der Waals surface area contributed by atoms with Crippen molar-refractivity contribution in [2.24, 2.45) is 5.92 Å². The molecule has 0 spiro atoms. The largest absolute Gasteiger partial charge is 0.469 e. The number of methoxy groups -OCH3 is 1. The van der Waals surface area contributed by atoms with Crippen molar-refractivity contribution in [1.29, 1.82) is 0 Å². The summed E-state index contributed by atoms with van der Waals surface area (Å²) in [6.45, 7) is 4.56. The van der Waals surface area contributed by atoms with Crippen molar-refractivity contribution in [2.45, 2.75) is 26.4 Å². The Morgan fingerprint density at radius 1 is 1.40 bits per heavy atom. The lowest BCUT2D eigenvalue weighted by molar-refractivity contribution is -0.144. The summed E-state index contributed by atoms with van der Waals surface area (Å²) in [5.74, 6) is -0.454. The molecule has 1 rings (SSSR count). The van der Waals surface area contributed by atoms with Gasteiger partial charge in [-0.2, -0.15) is 0 Å². The van der Waals surface area contributed by atoms with Crippen LogP contribution in [0.5, 0.6) is 0 Å². The maximum atomic E-state index is 11.5. The van der Waals surface area contributed by atoms with Gasteiger partial charge in [0.1, 0.15) is 0 Å². The van der Waals surface area contributed by atoms with Gasteiger partial charge in [0.05, 0.1) is 19.1 Å². The van der Waals surface area contributed by atoms with Crippen molar-refractivity contribution in [3.05, 3.63) is 0 Å². The fraction of sp³-hybridized carbons (Fsp3) is 0.800. The Bertz CT molecular complexity index is 252. The van der Waals surface area contributed by atoms with Gasteiger partial charge in [0.2, 0.25) is 0 Å². The van der Waals surface area contributed by atoms with E-state index in [2.05, 4.69) is 4.74 Å². The summed E-state index contributed by atoms with van der Waals surface area (Å²) in [5.41, 5.74) is 0. The van der Waals surface area contributed by atoms with Gasteiger partial charge in [0.15, 0.2) is 0 Å². The predicted octanol–water partition coefficient (Wildman–Crippen LogP) is 1.03. The number of amides is 1. The van der Waals surface area contributed by atoms with Crippen molar-refractivity contribution in [3.63, 3.8) is 0 Å². The Labute approximate surface area is 89.3 Å². The maximum absolute atomic E-state index is 11.5. The fourth-order valence-corrected chi connectivity index (χ4v) is 1.56. The molecule has 0 saturated carbocycles. The van der Waals surface area contributed by atoms with E-state index >= 15 is 0 Å². The lowest BCUT2D eigenvalue weighted by atomic mass is 10.1. The van der Waals surface area contributed by atoms with Gasteiger partial charge in [0, 0.05) is 13.1 Å². The molecule has 0 bridgehead atoms. The number of hydrogen-bond acceptors (Lipinski definition) is 4. The van der Waals surface area contributed by atoms with Crippen LogP contribution in [0.15, 0.2) is 0 Å². The van der Waals surface area contributed by atoms with Crippen molar-refractivity contribution in [1.82, 2.24) is 4.90 Å². The third kappa shape index (κ3) is 3.11. The van der Waals surface area contributed by atoms with Crippen LogP contribution in [0.25, 0.3) is 0 Å². The molecule has 1 unspecified atom stereocenters. The second-order valence-electron chi connectivity index (χ2n) is 3.89. The van der Waals surface area contributed by atoms with Crippen LogP contribution >= 0.6 is 0 Å². The van der Waals surface area contributed by atoms with E-state index in [0.717, 1.165) is 0 Å². The van der Waals surface area contributed by atoms with Crippen molar-refractivity contribution in [2.75, 3.05) is 20.2 Å². The van der Waals surface area contributed by atoms with Gasteiger partial charge in [-0.3, -0.25) is 4.79 Å². The third-order valence-corrected chi connectivity index (χ3v) is 2.32. The maximum Gasteiger partial charge on any atom is 0.410 e. The van der Waals surface area contributed by atoms with E-state index < -0.39 is 0 Å². The van der Waals surface area contributed by atoms with E-state index in [1.54, 1.807) is 18.7 Å². The number of carbonyl (C=O) groups excluding carboxylic acids is 2. The minimum atomic E-state index is -0.351. The SMILES string of the molecule is COC(=O)C1CCN(C(=O)OC(C)C)C1. The molecular formula is C10H17NO4. The first-order chi connectivity index (χ1) is 7.04. The first-order valence-electron chi connectivity index (χ1n) is 5.08. The van der Waals surface area contributed by atoms with E-state index in [0.29, 0.717) is 19.5 Å². The van der Waals surface area contributed by atoms with Crippen LogP contribution in [-0.2, 0) is 14.3 Å². The van der Waals surface area contributed by atoms with Gasteiger partial charge in [-0.05, 0) is 20.3 Å². The van der Waals surface area contributed by atoms with Crippen LogP contribution in [0.2, 0.25) is 0 Å². The van der Waals surface area contributed by atoms with Crippen LogP contribution in [0.4, 0.5) is 4.79 Å². The second-order valence-corrected chi connectivity index (χ2v) is 3.89. The number of nitrogens with zero attached hydrogens (tertiary/aromatic N) is 1. The number of hydrogen-bond donors (Lipinski definition) is 0. The van der Waals surface area contributed by atoms with E-state index in [1.807, 2.05) is 0 Å². The Morgan fingerprint density at radius 2 is 2.07 bits per heavy atom. The highest BCUT2D eigenvalue weighted by Crippen LogP contribution is 2.18. The van der Waals surface area contributed by atoms with Gasteiger partial charge in [0.25, 0.3) is 0 Å². The summed E-state index contributed by atoms with van der Waals surface area (Å²) in [7, 11) is 1.36. The Morgan fingerprint density at radius 3 is 2.60 bits per heavy atom. The van der Waals surface area contributed by atoms with Gasteiger partial charge in [-0.25, -0.2) is 4.79 Å². The van der Waals surface area contributed by atoms with E-state index in [9.17, 15) is 9.59 Å². The molecule has 0 aromatic heterocycles. The highest BCUT2D eigenvalue weighted by Gasteiger charge is 2.32. The molecule has 1 aliphatic rings. The monoisotopic (exact) mass is 215 g/mol. The lowest BCUT2D eigenvalue weighted by Crippen LogP contribution is -2.32. The van der Waals surface area contributed by atoms with Crippen molar-refractivity contribution in [3.8, 4) is 0 Å². The average Bonchev–Trinajstić information content (AvgIpc) is 2.64. The fourth-order valence-electron chi connectivity index (χ4n) is 1.56. The standard InChI is InChI=1S/C10H17NO4/c1-7(2)15-10(13)11-5-4-8(6-11)9(12)14-3/h7-8H,4-6H2,1-3H3. The summed E-state index contributed by atoms with van der Waals surface area (Å²) in [6.07, 6.45) is 0.172. The zero-order valence-electron chi connectivity index (χ0n) is 9.36. The van der Waals surface area contributed by atoms with Crippen LogP contribution < -0.4 is 0 Å². The molecule has 15 heavy (non-hydrogen) atoms. The van der Waals surface area contributed by atoms with Gasteiger partial charge < -0.3 is 14.4 Å². The summed E-state index contributed by atoms with van der Waals surface area (Å²) in [4.78, 5) is 24.2. The van der Waals surface area contributed by atoms with Gasteiger partial charge in [-0.15, -0.1) is 0 Å². The molecule has 5 nitrogen and oxygen atoms in total. The highest BCUT2D eigenvalue weighted by atomic mass is 16.6. The quantitative estimate of drug-likeness (QED) is 0.645. The zero-order valence-corrected chi connectivity index (χ0v) is 9.36. The summed E-state index contributed by atoms with van der Waals surface area (Å²) < 4.78 is 9.66. The van der Waals surface area contributed by atoms with Gasteiger partial charge >= 0.3 is 12.1 Å². The molecule has 1 saturated heterocycles. The molecule has 1 heterocycles. The number of esters is 1. The highest BCUT2D eigenvalue weighted by molar-refractivity contribution is 5.75. The van der Waals surface area contributed by atoms with Crippen LogP contribution in [-0.4, -0.2) is 43.3 Å². The molecule has 5 heteroatoms. The normalized spacial score (nSPS) is 20.5. The van der Waals surface area contributed by atoms with E-state index in [1.165, 1.54) is 7.11 Å². The van der Waals surface area contributed by atoms with Crippen LogP contribution in [0.1, 0.15) is 20.3 Å². The molecule has 1 aliphatic heterocycles. The molecule has 0 aromatic carbocycles. The van der Waals surface area contributed by atoms with Crippen molar-refractivity contribution >= 4 is 12.1 Å². The molecule has 0 aliphatic carbocycles. The van der Waals surface area contributed by atoms with E-state index in [-0.39, 0.29) is 24.1 Å². The average molecular weight is 215 g/mol. The Hall–Kier alpha value is -1.26. The lowest BCUT2D eigenvalue weighted by Gasteiger charge is -2.17.